The summed E-state index contributed by atoms with van der Waals surface area (Å²) >= 11 is 0. The Hall–Kier alpha value is -2.64. The summed E-state index contributed by atoms with van der Waals surface area (Å²) in [5.74, 6) is -0.00154. The first-order valence-electron chi connectivity index (χ1n) is 10.3. The maximum Gasteiger partial charge on any atom is 0.194 e. The maximum absolute atomic E-state index is 14.0. The summed E-state index contributed by atoms with van der Waals surface area (Å²) in [5.41, 5.74) is 1.32. The van der Waals surface area contributed by atoms with Crippen molar-refractivity contribution in [3.8, 4) is 0 Å². The molecule has 1 saturated carbocycles. The first-order chi connectivity index (χ1) is 14.1. The lowest BCUT2D eigenvalue weighted by Gasteiger charge is -2.37. The standard InChI is InChI=1S/C21H28F2N6/c1-24-21(25-15-17-8-9-29(26-17)18-4-2-3-5-18)28-12-10-27(11-13-28)20-14-16(22)6-7-19(20)23/h6-9,14,18H,2-5,10-13,15H2,1H3,(H,24,25). The molecule has 0 atom stereocenters. The van der Waals surface area contributed by atoms with Crippen molar-refractivity contribution in [2.45, 2.75) is 38.3 Å². The summed E-state index contributed by atoms with van der Waals surface area (Å²) < 4.78 is 29.6. The van der Waals surface area contributed by atoms with E-state index in [2.05, 4.69) is 32.2 Å². The Labute approximate surface area is 170 Å². The zero-order valence-corrected chi connectivity index (χ0v) is 16.8. The minimum Gasteiger partial charge on any atom is -0.366 e. The van der Waals surface area contributed by atoms with E-state index in [9.17, 15) is 8.78 Å². The molecule has 0 amide bonds. The van der Waals surface area contributed by atoms with Crippen LogP contribution in [0.25, 0.3) is 0 Å². The Bertz CT molecular complexity index is 851. The van der Waals surface area contributed by atoms with Gasteiger partial charge in [0.2, 0.25) is 0 Å². The van der Waals surface area contributed by atoms with Crippen LogP contribution in [0.15, 0.2) is 35.5 Å². The van der Waals surface area contributed by atoms with Crippen LogP contribution in [-0.2, 0) is 6.54 Å². The number of benzene rings is 1. The summed E-state index contributed by atoms with van der Waals surface area (Å²) in [4.78, 5) is 8.41. The van der Waals surface area contributed by atoms with Crippen molar-refractivity contribution in [1.29, 1.82) is 0 Å². The molecule has 0 radical (unpaired) electrons. The van der Waals surface area contributed by atoms with Gasteiger partial charge in [0.25, 0.3) is 0 Å². The van der Waals surface area contributed by atoms with E-state index in [1.165, 1.54) is 37.8 Å². The van der Waals surface area contributed by atoms with Crippen molar-refractivity contribution in [1.82, 2.24) is 20.0 Å². The van der Waals surface area contributed by atoms with Crippen molar-refractivity contribution < 1.29 is 8.78 Å². The van der Waals surface area contributed by atoms with Gasteiger partial charge < -0.3 is 15.1 Å². The molecule has 2 fully saturated rings. The third kappa shape index (κ3) is 4.52. The van der Waals surface area contributed by atoms with E-state index >= 15 is 0 Å². The van der Waals surface area contributed by atoms with Crippen LogP contribution in [0.1, 0.15) is 37.4 Å². The zero-order valence-electron chi connectivity index (χ0n) is 16.8. The lowest BCUT2D eigenvalue weighted by molar-refractivity contribution is 0.370. The number of piperazine rings is 1. The smallest absolute Gasteiger partial charge is 0.194 e. The Kier molecular flexibility index (Phi) is 5.97. The van der Waals surface area contributed by atoms with E-state index in [4.69, 9.17) is 5.10 Å². The lowest BCUT2D eigenvalue weighted by atomic mass is 10.2. The van der Waals surface area contributed by atoms with E-state index in [0.29, 0.717) is 44.5 Å². The summed E-state index contributed by atoms with van der Waals surface area (Å²) in [6.07, 6.45) is 7.08. The van der Waals surface area contributed by atoms with Gasteiger partial charge in [-0.1, -0.05) is 12.8 Å². The quantitative estimate of drug-likeness (QED) is 0.630. The highest BCUT2D eigenvalue weighted by atomic mass is 19.1. The minimum atomic E-state index is -0.418. The molecule has 8 heteroatoms. The van der Waals surface area contributed by atoms with Gasteiger partial charge in [0.15, 0.2) is 5.96 Å². The second-order valence-corrected chi connectivity index (χ2v) is 7.70. The summed E-state index contributed by atoms with van der Waals surface area (Å²) in [5, 5.41) is 8.09. The highest BCUT2D eigenvalue weighted by Gasteiger charge is 2.22. The van der Waals surface area contributed by atoms with E-state index < -0.39 is 5.82 Å². The van der Waals surface area contributed by atoms with Gasteiger partial charge in [0.05, 0.1) is 24.0 Å². The van der Waals surface area contributed by atoms with Crippen LogP contribution in [0, 0.1) is 11.6 Å². The molecule has 1 aliphatic carbocycles. The first-order valence-corrected chi connectivity index (χ1v) is 10.3. The number of aromatic nitrogens is 2. The van der Waals surface area contributed by atoms with E-state index in [1.54, 1.807) is 7.05 Å². The van der Waals surface area contributed by atoms with E-state index in [1.807, 2.05) is 4.90 Å². The molecule has 2 aromatic rings. The van der Waals surface area contributed by atoms with Crippen molar-refractivity contribution in [3.63, 3.8) is 0 Å². The Morgan fingerprint density at radius 1 is 1.14 bits per heavy atom. The average molecular weight is 402 g/mol. The van der Waals surface area contributed by atoms with Crippen LogP contribution in [0.2, 0.25) is 0 Å². The number of aliphatic imine (C=N–C) groups is 1. The summed E-state index contributed by atoms with van der Waals surface area (Å²) in [6.45, 7) is 3.21. The van der Waals surface area contributed by atoms with E-state index in [0.717, 1.165) is 17.7 Å². The molecule has 156 valence electrons. The fraction of sp³-hybridized carbons (Fsp3) is 0.524. The summed E-state index contributed by atoms with van der Waals surface area (Å²) in [6, 6.07) is 6.19. The molecular formula is C21H28F2N6. The molecule has 1 aromatic heterocycles. The predicted molar refractivity (Wildman–Crippen MR) is 110 cm³/mol. The van der Waals surface area contributed by atoms with Gasteiger partial charge in [-0.2, -0.15) is 5.10 Å². The van der Waals surface area contributed by atoms with Gasteiger partial charge in [0.1, 0.15) is 11.6 Å². The van der Waals surface area contributed by atoms with Gasteiger partial charge in [-0.3, -0.25) is 9.67 Å². The number of anilines is 1. The number of hydrogen-bond donors (Lipinski definition) is 1. The molecule has 4 rings (SSSR count). The Morgan fingerprint density at radius 3 is 2.62 bits per heavy atom. The van der Waals surface area contributed by atoms with Gasteiger partial charge in [0, 0.05) is 45.5 Å². The first kappa shape index (κ1) is 19.7. The van der Waals surface area contributed by atoms with Gasteiger partial charge >= 0.3 is 0 Å². The topological polar surface area (TPSA) is 48.7 Å². The van der Waals surface area contributed by atoms with Crippen molar-refractivity contribution in [2.75, 3.05) is 38.1 Å². The fourth-order valence-electron chi connectivity index (χ4n) is 4.23. The molecule has 1 N–H and O–H groups in total. The molecule has 0 spiro atoms. The number of halogens is 2. The van der Waals surface area contributed by atoms with Crippen LogP contribution in [0.4, 0.5) is 14.5 Å². The van der Waals surface area contributed by atoms with Crippen molar-refractivity contribution in [3.05, 3.63) is 47.8 Å². The molecule has 0 bridgehead atoms. The molecule has 1 aromatic carbocycles. The zero-order chi connectivity index (χ0) is 20.2. The van der Waals surface area contributed by atoms with Crippen molar-refractivity contribution in [2.24, 2.45) is 4.99 Å². The molecule has 0 unspecified atom stereocenters. The van der Waals surface area contributed by atoms with Crippen LogP contribution < -0.4 is 10.2 Å². The second-order valence-electron chi connectivity index (χ2n) is 7.70. The molecular weight excluding hydrogens is 374 g/mol. The van der Waals surface area contributed by atoms with E-state index in [-0.39, 0.29) is 5.82 Å². The van der Waals surface area contributed by atoms with Crippen LogP contribution in [0.5, 0.6) is 0 Å². The van der Waals surface area contributed by atoms with Gasteiger partial charge in [-0.15, -0.1) is 0 Å². The fourth-order valence-corrected chi connectivity index (χ4v) is 4.23. The van der Waals surface area contributed by atoms with Gasteiger partial charge in [-0.05, 0) is 31.0 Å². The number of nitrogens with one attached hydrogen (secondary N) is 1. The van der Waals surface area contributed by atoms with Gasteiger partial charge in [-0.25, -0.2) is 8.78 Å². The number of guanidine groups is 1. The minimum absolute atomic E-state index is 0.324. The SMILES string of the molecule is CN=C(NCc1ccn(C2CCCC2)n1)N1CCN(c2cc(F)ccc2F)CC1. The van der Waals surface area contributed by atoms with Crippen LogP contribution in [0.3, 0.4) is 0 Å². The highest BCUT2D eigenvalue weighted by Crippen LogP contribution is 2.28. The molecule has 6 nitrogen and oxygen atoms in total. The molecule has 1 aliphatic heterocycles. The third-order valence-corrected chi connectivity index (χ3v) is 5.83. The van der Waals surface area contributed by atoms with Crippen molar-refractivity contribution >= 4 is 11.6 Å². The van der Waals surface area contributed by atoms with Crippen LogP contribution >= 0.6 is 0 Å². The Balaban J connectivity index is 1.31. The lowest BCUT2D eigenvalue weighted by Crippen LogP contribution is -2.52. The van der Waals surface area contributed by atoms with Crippen LogP contribution in [-0.4, -0.2) is 53.9 Å². The number of nitrogens with zero attached hydrogens (tertiary/aromatic N) is 5. The molecule has 2 heterocycles. The second kappa shape index (κ2) is 8.80. The third-order valence-electron chi connectivity index (χ3n) is 5.83. The Morgan fingerprint density at radius 2 is 1.90 bits per heavy atom. The molecule has 29 heavy (non-hydrogen) atoms. The largest absolute Gasteiger partial charge is 0.366 e. The normalized spacial score (nSPS) is 18.5. The average Bonchev–Trinajstić information content (AvgIpc) is 3.43. The predicted octanol–water partition coefficient (Wildman–Crippen LogP) is 3.17. The number of hydrogen-bond acceptors (Lipinski definition) is 3. The molecule has 1 saturated heterocycles. The maximum atomic E-state index is 14.0. The molecule has 2 aliphatic rings. The summed E-state index contributed by atoms with van der Waals surface area (Å²) in [7, 11) is 1.76. The highest BCUT2D eigenvalue weighted by molar-refractivity contribution is 5.80. The number of rotatable bonds is 4. The monoisotopic (exact) mass is 402 g/mol.